The van der Waals surface area contributed by atoms with E-state index < -0.39 is 0 Å². The molecule has 1 aromatic carbocycles. The molecule has 0 amide bonds. The minimum absolute atomic E-state index is 0.435. The molecule has 3 nitrogen and oxygen atoms in total. The van der Waals surface area contributed by atoms with Crippen molar-refractivity contribution in [2.75, 3.05) is 13.7 Å². The average molecular weight is 357 g/mol. The zero-order chi connectivity index (χ0) is 14.4. The van der Waals surface area contributed by atoms with Gasteiger partial charge < -0.3 is 9.47 Å². The predicted octanol–water partition coefficient (Wildman–Crippen LogP) is 4.21. The van der Waals surface area contributed by atoms with Crippen molar-refractivity contribution in [2.45, 2.75) is 12.3 Å². The fourth-order valence-corrected chi connectivity index (χ4v) is 2.57. The molecule has 2 aromatic rings. The number of pyridine rings is 1. The van der Waals surface area contributed by atoms with E-state index in [0.29, 0.717) is 24.0 Å². The Morgan fingerprint density at radius 1 is 1.30 bits per heavy atom. The molecule has 0 aliphatic rings. The van der Waals surface area contributed by atoms with E-state index in [-0.39, 0.29) is 0 Å². The maximum Gasteiger partial charge on any atom is 0.175 e. The van der Waals surface area contributed by atoms with Gasteiger partial charge in [-0.3, -0.25) is 4.98 Å². The first kappa shape index (κ1) is 15.1. The Bertz CT molecular complexity index is 563. The highest BCUT2D eigenvalue weighted by Crippen LogP contribution is 2.37. The molecular weight excluding hydrogens is 342 g/mol. The van der Waals surface area contributed by atoms with Crippen LogP contribution in [0.2, 0.25) is 0 Å². The second kappa shape index (κ2) is 7.50. The molecule has 2 rings (SSSR count). The smallest absolute Gasteiger partial charge is 0.175 e. The lowest BCUT2D eigenvalue weighted by Gasteiger charge is -2.13. The van der Waals surface area contributed by atoms with E-state index in [4.69, 9.17) is 21.1 Å². The lowest BCUT2D eigenvalue weighted by molar-refractivity contribution is 0.295. The van der Waals surface area contributed by atoms with Gasteiger partial charge in [-0.15, -0.1) is 11.6 Å². The molecule has 20 heavy (non-hydrogen) atoms. The first-order valence-corrected chi connectivity index (χ1v) is 7.51. The summed E-state index contributed by atoms with van der Waals surface area (Å²) >= 11 is 9.33. The fraction of sp³-hybridized carbons (Fsp3) is 0.267. The summed E-state index contributed by atoms with van der Waals surface area (Å²) in [5.41, 5.74) is 2.12. The standard InChI is InChI=1S/C15H15BrClNO2/c1-19-14-8-12(9-17)7-13(16)15(14)20-6-4-11-3-2-5-18-10-11/h2-3,5,7-8,10H,4,6,9H2,1H3. The molecule has 1 heterocycles. The molecule has 0 radical (unpaired) electrons. The summed E-state index contributed by atoms with van der Waals surface area (Å²) in [7, 11) is 1.62. The van der Waals surface area contributed by atoms with Crippen LogP contribution in [0.15, 0.2) is 41.1 Å². The highest BCUT2D eigenvalue weighted by molar-refractivity contribution is 9.10. The zero-order valence-electron chi connectivity index (χ0n) is 11.1. The van der Waals surface area contributed by atoms with E-state index in [1.165, 1.54) is 0 Å². The van der Waals surface area contributed by atoms with Crippen molar-refractivity contribution >= 4 is 27.5 Å². The van der Waals surface area contributed by atoms with Gasteiger partial charge in [0, 0.05) is 24.7 Å². The van der Waals surface area contributed by atoms with Crippen LogP contribution in [-0.2, 0) is 12.3 Å². The number of halogens is 2. The van der Waals surface area contributed by atoms with Gasteiger partial charge >= 0.3 is 0 Å². The summed E-state index contributed by atoms with van der Waals surface area (Å²) < 4.78 is 12.0. The molecule has 0 atom stereocenters. The number of hydrogen-bond acceptors (Lipinski definition) is 3. The van der Waals surface area contributed by atoms with E-state index in [9.17, 15) is 0 Å². The number of ether oxygens (including phenoxy) is 2. The van der Waals surface area contributed by atoms with Crippen LogP contribution in [0.5, 0.6) is 11.5 Å². The van der Waals surface area contributed by atoms with Gasteiger partial charge in [-0.05, 0) is 45.3 Å². The lowest BCUT2D eigenvalue weighted by atomic mass is 10.2. The van der Waals surface area contributed by atoms with E-state index in [0.717, 1.165) is 22.0 Å². The third-order valence-corrected chi connectivity index (χ3v) is 3.70. The number of methoxy groups -OCH3 is 1. The third kappa shape index (κ3) is 3.87. The van der Waals surface area contributed by atoms with Gasteiger partial charge in [0.2, 0.25) is 0 Å². The van der Waals surface area contributed by atoms with E-state index in [1.807, 2.05) is 30.5 Å². The molecule has 0 spiro atoms. The summed E-state index contributed by atoms with van der Waals surface area (Å²) in [6, 6.07) is 7.77. The first-order chi connectivity index (χ1) is 9.74. The molecular formula is C15H15BrClNO2. The Morgan fingerprint density at radius 2 is 2.15 bits per heavy atom. The van der Waals surface area contributed by atoms with Gasteiger partial charge in [0.25, 0.3) is 0 Å². The number of hydrogen-bond donors (Lipinski definition) is 0. The number of aromatic nitrogens is 1. The monoisotopic (exact) mass is 355 g/mol. The molecule has 0 saturated carbocycles. The van der Waals surface area contributed by atoms with Crippen molar-refractivity contribution in [2.24, 2.45) is 0 Å². The van der Waals surface area contributed by atoms with Gasteiger partial charge in [-0.1, -0.05) is 6.07 Å². The molecule has 106 valence electrons. The number of benzene rings is 1. The van der Waals surface area contributed by atoms with E-state index in [2.05, 4.69) is 20.9 Å². The summed E-state index contributed by atoms with van der Waals surface area (Å²) in [6.07, 6.45) is 4.39. The second-order valence-electron chi connectivity index (χ2n) is 4.20. The Morgan fingerprint density at radius 3 is 2.80 bits per heavy atom. The highest BCUT2D eigenvalue weighted by atomic mass is 79.9. The van der Waals surface area contributed by atoms with Gasteiger partial charge in [0.15, 0.2) is 11.5 Å². The zero-order valence-corrected chi connectivity index (χ0v) is 13.4. The molecule has 0 aliphatic carbocycles. The van der Waals surface area contributed by atoms with E-state index >= 15 is 0 Å². The van der Waals surface area contributed by atoms with Crippen LogP contribution in [0.3, 0.4) is 0 Å². The summed E-state index contributed by atoms with van der Waals surface area (Å²) in [5.74, 6) is 1.82. The minimum atomic E-state index is 0.435. The van der Waals surface area contributed by atoms with Crippen LogP contribution >= 0.6 is 27.5 Å². The van der Waals surface area contributed by atoms with Gasteiger partial charge in [-0.2, -0.15) is 0 Å². The number of nitrogens with zero attached hydrogens (tertiary/aromatic N) is 1. The molecule has 0 bridgehead atoms. The van der Waals surface area contributed by atoms with Crippen molar-refractivity contribution in [1.82, 2.24) is 4.98 Å². The second-order valence-corrected chi connectivity index (χ2v) is 5.32. The highest BCUT2D eigenvalue weighted by Gasteiger charge is 2.11. The molecule has 5 heteroatoms. The first-order valence-electron chi connectivity index (χ1n) is 6.18. The van der Waals surface area contributed by atoms with Crippen LogP contribution in [0.4, 0.5) is 0 Å². The third-order valence-electron chi connectivity index (χ3n) is 2.80. The Labute approximate surface area is 132 Å². The van der Waals surface area contributed by atoms with Crippen molar-refractivity contribution in [3.05, 3.63) is 52.3 Å². The molecule has 0 N–H and O–H groups in total. The van der Waals surface area contributed by atoms with E-state index in [1.54, 1.807) is 13.3 Å². The van der Waals surface area contributed by atoms with Gasteiger partial charge in [0.05, 0.1) is 18.2 Å². The normalized spacial score (nSPS) is 10.3. The predicted molar refractivity (Wildman–Crippen MR) is 83.7 cm³/mol. The van der Waals surface area contributed by atoms with Gasteiger partial charge in [-0.25, -0.2) is 0 Å². The molecule has 0 aliphatic heterocycles. The van der Waals surface area contributed by atoms with Crippen LogP contribution in [0, 0.1) is 0 Å². The molecule has 1 aromatic heterocycles. The summed E-state index contributed by atoms with van der Waals surface area (Å²) in [4.78, 5) is 4.08. The maximum atomic E-state index is 5.84. The van der Waals surface area contributed by atoms with Crippen LogP contribution in [-0.4, -0.2) is 18.7 Å². The lowest BCUT2D eigenvalue weighted by Crippen LogP contribution is -2.04. The number of alkyl halides is 1. The fourth-order valence-electron chi connectivity index (χ4n) is 1.81. The number of rotatable bonds is 6. The van der Waals surface area contributed by atoms with Crippen molar-refractivity contribution < 1.29 is 9.47 Å². The van der Waals surface area contributed by atoms with Crippen LogP contribution in [0.1, 0.15) is 11.1 Å². The average Bonchev–Trinajstić information content (AvgIpc) is 2.49. The SMILES string of the molecule is COc1cc(CCl)cc(Br)c1OCCc1cccnc1. The van der Waals surface area contributed by atoms with Crippen molar-refractivity contribution in [3.8, 4) is 11.5 Å². The molecule has 0 fully saturated rings. The summed E-state index contributed by atoms with van der Waals surface area (Å²) in [6.45, 7) is 0.556. The molecule has 0 saturated heterocycles. The topological polar surface area (TPSA) is 31.4 Å². The van der Waals surface area contributed by atoms with Crippen LogP contribution in [0.25, 0.3) is 0 Å². The van der Waals surface area contributed by atoms with Gasteiger partial charge in [0.1, 0.15) is 0 Å². The van der Waals surface area contributed by atoms with Crippen LogP contribution < -0.4 is 9.47 Å². The Hall–Kier alpha value is -1.26. The van der Waals surface area contributed by atoms with Crippen molar-refractivity contribution in [1.29, 1.82) is 0 Å². The largest absolute Gasteiger partial charge is 0.493 e. The Balaban J connectivity index is 2.05. The minimum Gasteiger partial charge on any atom is -0.493 e. The van der Waals surface area contributed by atoms with Crippen molar-refractivity contribution in [3.63, 3.8) is 0 Å². The quantitative estimate of drug-likeness (QED) is 0.726. The molecule has 0 unspecified atom stereocenters. The summed E-state index contributed by atoms with van der Waals surface area (Å²) in [5, 5.41) is 0. The Kier molecular flexibility index (Phi) is 5.68. The maximum absolute atomic E-state index is 5.84.